The summed E-state index contributed by atoms with van der Waals surface area (Å²) in [6, 6.07) is 8.39. The van der Waals surface area contributed by atoms with E-state index in [1.807, 2.05) is 0 Å². The number of aliphatic imine (C=N–C) groups is 1. The Morgan fingerprint density at radius 1 is 1.27 bits per heavy atom. The van der Waals surface area contributed by atoms with E-state index < -0.39 is 0 Å². The Morgan fingerprint density at radius 2 is 2.07 bits per heavy atom. The van der Waals surface area contributed by atoms with Gasteiger partial charge in [0.25, 0.3) is 0 Å². The van der Waals surface area contributed by atoms with Crippen molar-refractivity contribution in [1.82, 2.24) is 0 Å². The molecule has 0 amide bonds. The monoisotopic (exact) mass is 264 g/mol. The summed E-state index contributed by atoms with van der Waals surface area (Å²) in [5, 5.41) is 0. The molecule has 0 radical (unpaired) electrons. The number of amidine groups is 1. The first-order valence-corrected chi connectivity index (χ1v) is 6.22. The summed E-state index contributed by atoms with van der Waals surface area (Å²) < 4.78 is 1.17. The van der Waals surface area contributed by atoms with Crippen molar-refractivity contribution in [1.29, 1.82) is 0 Å². The lowest BCUT2D eigenvalue weighted by Crippen LogP contribution is -2.28. The van der Waals surface area contributed by atoms with Gasteiger partial charge < -0.3 is 4.90 Å². The Bertz CT molecular complexity index is 410. The number of para-hydroxylation sites is 1. The SMILES string of the molecule is Brc1ccccc1N1CCN=C1C1CC1. The van der Waals surface area contributed by atoms with Gasteiger partial charge in [0, 0.05) is 16.9 Å². The second kappa shape index (κ2) is 3.63. The lowest BCUT2D eigenvalue weighted by Gasteiger charge is -2.21. The zero-order valence-corrected chi connectivity index (χ0v) is 10.1. The summed E-state index contributed by atoms with van der Waals surface area (Å²) in [6.07, 6.45) is 2.64. The van der Waals surface area contributed by atoms with Crippen molar-refractivity contribution < 1.29 is 0 Å². The van der Waals surface area contributed by atoms with E-state index in [1.54, 1.807) is 0 Å². The molecule has 1 saturated carbocycles. The highest BCUT2D eigenvalue weighted by atomic mass is 79.9. The third-order valence-corrected chi connectivity index (χ3v) is 3.63. The van der Waals surface area contributed by atoms with Gasteiger partial charge in [-0.1, -0.05) is 12.1 Å². The smallest absolute Gasteiger partial charge is 0.107 e. The van der Waals surface area contributed by atoms with Crippen molar-refractivity contribution >= 4 is 27.5 Å². The maximum atomic E-state index is 4.62. The van der Waals surface area contributed by atoms with Crippen LogP contribution in [0.5, 0.6) is 0 Å². The second-order valence-electron chi connectivity index (χ2n) is 4.12. The van der Waals surface area contributed by atoms with Gasteiger partial charge in [0.2, 0.25) is 0 Å². The van der Waals surface area contributed by atoms with E-state index in [0.717, 1.165) is 19.0 Å². The van der Waals surface area contributed by atoms with E-state index in [1.165, 1.54) is 28.8 Å². The second-order valence-corrected chi connectivity index (χ2v) is 4.97. The standard InChI is InChI=1S/C12H13BrN2/c13-10-3-1-2-4-11(10)15-8-7-14-12(15)9-5-6-9/h1-4,9H,5-8H2. The molecule has 0 atom stereocenters. The van der Waals surface area contributed by atoms with E-state index >= 15 is 0 Å². The third kappa shape index (κ3) is 1.69. The van der Waals surface area contributed by atoms with Crippen LogP contribution in [0.4, 0.5) is 5.69 Å². The quantitative estimate of drug-likeness (QED) is 0.802. The Labute approximate surface area is 98.1 Å². The van der Waals surface area contributed by atoms with Gasteiger partial charge in [-0.3, -0.25) is 4.99 Å². The maximum Gasteiger partial charge on any atom is 0.107 e. The van der Waals surface area contributed by atoms with Gasteiger partial charge in [-0.05, 0) is 40.9 Å². The molecule has 0 aromatic heterocycles. The highest BCUT2D eigenvalue weighted by Gasteiger charge is 2.34. The van der Waals surface area contributed by atoms with E-state index in [2.05, 4.69) is 50.1 Å². The summed E-state index contributed by atoms with van der Waals surface area (Å²) in [6.45, 7) is 1.99. The number of rotatable bonds is 2. The maximum absolute atomic E-state index is 4.62. The molecule has 0 N–H and O–H groups in total. The van der Waals surface area contributed by atoms with Gasteiger partial charge in [0.15, 0.2) is 0 Å². The summed E-state index contributed by atoms with van der Waals surface area (Å²) in [7, 11) is 0. The zero-order valence-electron chi connectivity index (χ0n) is 8.49. The molecule has 2 aliphatic rings. The lowest BCUT2D eigenvalue weighted by atomic mass is 10.2. The average Bonchev–Trinajstić information content (AvgIpc) is 2.98. The molecule has 0 spiro atoms. The van der Waals surface area contributed by atoms with E-state index in [4.69, 9.17) is 0 Å². The molecule has 1 aromatic carbocycles. The van der Waals surface area contributed by atoms with Crippen LogP contribution in [0.3, 0.4) is 0 Å². The van der Waals surface area contributed by atoms with Crippen LogP contribution in [0.15, 0.2) is 33.7 Å². The largest absolute Gasteiger partial charge is 0.327 e. The molecule has 1 fully saturated rings. The minimum absolute atomic E-state index is 0.736. The molecular weight excluding hydrogens is 252 g/mol. The summed E-state index contributed by atoms with van der Waals surface area (Å²) in [5.74, 6) is 2.04. The van der Waals surface area contributed by atoms with Crippen molar-refractivity contribution in [3.8, 4) is 0 Å². The molecule has 0 saturated heterocycles. The molecule has 1 aliphatic carbocycles. The van der Waals surface area contributed by atoms with Crippen LogP contribution in [0.2, 0.25) is 0 Å². The number of hydrogen-bond acceptors (Lipinski definition) is 2. The van der Waals surface area contributed by atoms with Gasteiger partial charge in [0.1, 0.15) is 5.84 Å². The van der Waals surface area contributed by atoms with Gasteiger partial charge in [-0.2, -0.15) is 0 Å². The van der Waals surface area contributed by atoms with Crippen molar-refractivity contribution in [2.24, 2.45) is 10.9 Å². The third-order valence-electron chi connectivity index (χ3n) is 2.96. The predicted octanol–water partition coefficient (Wildman–Crippen LogP) is 3.08. The summed E-state index contributed by atoms with van der Waals surface area (Å²) in [4.78, 5) is 6.98. The highest BCUT2D eigenvalue weighted by molar-refractivity contribution is 9.10. The van der Waals surface area contributed by atoms with Crippen LogP contribution in [0.1, 0.15) is 12.8 Å². The van der Waals surface area contributed by atoms with Crippen molar-refractivity contribution in [3.63, 3.8) is 0 Å². The molecule has 1 heterocycles. The number of nitrogens with zero attached hydrogens (tertiary/aromatic N) is 2. The van der Waals surface area contributed by atoms with Crippen molar-refractivity contribution in [3.05, 3.63) is 28.7 Å². The zero-order chi connectivity index (χ0) is 10.3. The number of hydrogen-bond donors (Lipinski definition) is 0. The van der Waals surface area contributed by atoms with Crippen LogP contribution < -0.4 is 4.90 Å². The minimum Gasteiger partial charge on any atom is -0.327 e. The Hall–Kier alpha value is -0.830. The van der Waals surface area contributed by atoms with Crippen LogP contribution in [-0.4, -0.2) is 18.9 Å². The first-order valence-electron chi connectivity index (χ1n) is 5.42. The fourth-order valence-electron chi connectivity index (χ4n) is 2.07. The molecular formula is C12H13BrN2. The van der Waals surface area contributed by atoms with Gasteiger partial charge in [-0.25, -0.2) is 0 Å². The molecule has 2 nitrogen and oxygen atoms in total. The topological polar surface area (TPSA) is 15.6 Å². The Morgan fingerprint density at radius 3 is 2.80 bits per heavy atom. The summed E-state index contributed by atoms with van der Waals surface area (Å²) in [5.41, 5.74) is 1.26. The van der Waals surface area contributed by atoms with Crippen LogP contribution in [0, 0.1) is 5.92 Å². The summed E-state index contributed by atoms with van der Waals surface area (Å²) >= 11 is 3.61. The molecule has 0 unspecified atom stereocenters. The molecule has 3 rings (SSSR count). The fraction of sp³-hybridized carbons (Fsp3) is 0.417. The van der Waals surface area contributed by atoms with E-state index in [9.17, 15) is 0 Å². The first kappa shape index (κ1) is 9.40. The number of halogens is 1. The number of benzene rings is 1. The normalized spacial score (nSPS) is 20.6. The Kier molecular flexibility index (Phi) is 2.28. The molecule has 1 aromatic rings. The van der Waals surface area contributed by atoms with Gasteiger partial charge in [-0.15, -0.1) is 0 Å². The van der Waals surface area contributed by atoms with Crippen molar-refractivity contribution in [2.45, 2.75) is 12.8 Å². The minimum atomic E-state index is 0.736. The van der Waals surface area contributed by atoms with E-state index in [0.29, 0.717) is 0 Å². The molecule has 15 heavy (non-hydrogen) atoms. The Balaban J connectivity index is 1.94. The van der Waals surface area contributed by atoms with Crippen LogP contribution >= 0.6 is 15.9 Å². The fourth-order valence-corrected chi connectivity index (χ4v) is 2.57. The van der Waals surface area contributed by atoms with Crippen LogP contribution in [0.25, 0.3) is 0 Å². The number of anilines is 1. The van der Waals surface area contributed by atoms with E-state index in [-0.39, 0.29) is 0 Å². The predicted molar refractivity (Wildman–Crippen MR) is 66.5 cm³/mol. The molecule has 0 bridgehead atoms. The van der Waals surface area contributed by atoms with Crippen LogP contribution in [-0.2, 0) is 0 Å². The highest BCUT2D eigenvalue weighted by Crippen LogP contribution is 2.37. The first-order chi connectivity index (χ1) is 7.36. The van der Waals surface area contributed by atoms with Gasteiger partial charge in [0.05, 0.1) is 12.2 Å². The van der Waals surface area contributed by atoms with Crippen molar-refractivity contribution in [2.75, 3.05) is 18.0 Å². The molecule has 78 valence electrons. The molecule has 3 heteroatoms. The average molecular weight is 265 g/mol. The van der Waals surface area contributed by atoms with Gasteiger partial charge >= 0.3 is 0 Å². The molecule has 1 aliphatic heterocycles. The lowest BCUT2D eigenvalue weighted by molar-refractivity contribution is 1.01.